The molecule has 1 N–H and O–H groups in total. The van der Waals surface area contributed by atoms with Gasteiger partial charge in [0.05, 0.1) is 25.5 Å². The lowest BCUT2D eigenvalue weighted by molar-refractivity contribution is 0.434. The molecule has 0 aliphatic heterocycles. The lowest BCUT2D eigenvalue weighted by Gasteiger charge is -1.96. The molecule has 2 aromatic heterocycles. The van der Waals surface area contributed by atoms with Gasteiger partial charge in [0.1, 0.15) is 12.5 Å². The first-order valence-electron chi connectivity index (χ1n) is 3.92. The highest BCUT2D eigenvalue weighted by molar-refractivity contribution is 4.82. The Bertz CT molecular complexity index is 294. The second-order valence-electron chi connectivity index (χ2n) is 2.46. The molecule has 13 heavy (non-hydrogen) atoms. The second-order valence-corrected chi connectivity index (χ2v) is 2.46. The molecule has 0 atom stereocenters. The molecule has 68 valence electrons. The highest BCUT2D eigenvalue weighted by Gasteiger charge is 1.98. The molecule has 2 rings (SSSR count). The minimum absolute atomic E-state index is 0.579. The highest BCUT2D eigenvalue weighted by Crippen LogP contribution is 1.96. The van der Waals surface area contributed by atoms with E-state index >= 15 is 0 Å². The normalized spacial score (nSPS) is 10.5. The van der Waals surface area contributed by atoms with Gasteiger partial charge in [-0.05, 0) is 0 Å². The summed E-state index contributed by atoms with van der Waals surface area (Å²) in [6.07, 6.45) is 6.31. The summed E-state index contributed by atoms with van der Waals surface area (Å²) < 4.78 is 10.1. The maximum atomic E-state index is 5.03. The van der Waals surface area contributed by atoms with Gasteiger partial charge in [0, 0.05) is 0 Å². The third kappa shape index (κ3) is 2.16. The van der Waals surface area contributed by atoms with Crippen LogP contribution in [-0.2, 0) is 13.1 Å². The van der Waals surface area contributed by atoms with Gasteiger partial charge in [-0.15, -0.1) is 0 Å². The number of hydrogen-bond donors (Lipinski definition) is 1. The van der Waals surface area contributed by atoms with Gasteiger partial charge in [-0.2, -0.15) is 0 Å². The Kier molecular flexibility index (Phi) is 2.38. The third-order valence-electron chi connectivity index (χ3n) is 1.52. The molecule has 0 radical (unpaired) electrons. The third-order valence-corrected chi connectivity index (χ3v) is 1.52. The van der Waals surface area contributed by atoms with Gasteiger partial charge in [0.2, 0.25) is 11.8 Å². The van der Waals surface area contributed by atoms with Crippen molar-refractivity contribution >= 4 is 0 Å². The van der Waals surface area contributed by atoms with Gasteiger partial charge in [-0.25, -0.2) is 9.97 Å². The zero-order valence-electron chi connectivity index (χ0n) is 6.93. The van der Waals surface area contributed by atoms with E-state index in [1.165, 1.54) is 0 Å². The number of hydrogen-bond acceptors (Lipinski definition) is 5. The molecular weight excluding hydrogens is 170 g/mol. The molecule has 0 unspecified atom stereocenters. The van der Waals surface area contributed by atoms with Crippen LogP contribution >= 0.6 is 0 Å². The van der Waals surface area contributed by atoms with E-state index in [2.05, 4.69) is 15.3 Å². The predicted molar refractivity (Wildman–Crippen MR) is 43.5 cm³/mol. The number of nitrogens with one attached hydrogen (secondary N) is 1. The Labute approximate surface area is 74.8 Å². The summed E-state index contributed by atoms with van der Waals surface area (Å²) in [5.41, 5.74) is 0. The first kappa shape index (κ1) is 8.00. The molecule has 5 heteroatoms. The molecular formula is C8H9N3O2. The zero-order valence-corrected chi connectivity index (χ0v) is 6.93. The largest absolute Gasteiger partial charge is 0.448 e. The zero-order chi connectivity index (χ0) is 8.93. The quantitative estimate of drug-likeness (QED) is 0.757. The van der Waals surface area contributed by atoms with Crippen molar-refractivity contribution in [3.63, 3.8) is 0 Å². The fraction of sp³-hybridized carbons (Fsp3) is 0.250. The van der Waals surface area contributed by atoms with Crippen molar-refractivity contribution in [2.75, 3.05) is 0 Å². The minimum atomic E-state index is 0.579. The fourth-order valence-electron chi connectivity index (χ4n) is 0.957. The van der Waals surface area contributed by atoms with Gasteiger partial charge in [0.25, 0.3) is 0 Å². The first-order valence-corrected chi connectivity index (χ1v) is 3.92. The van der Waals surface area contributed by atoms with Crippen LogP contribution in [-0.4, -0.2) is 9.97 Å². The van der Waals surface area contributed by atoms with Crippen LogP contribution in [0.4, 0.5) is 0 Å². The van der Waals surface area contributed by atoms with Gasteiger partial charge < -0.3 is 14.2 Å². The average molecular weight is 179 g/mol. The van der Waals surface area contributed by atoms with Crippen LogP contribution in [0.15, 0.2) is 33.8 Å². The standard InChI is InChI=1S/C8H9N3O2/c1-3-12-7(10-1)5-9-6-8-11-2-4-13-8/h1-4,9H,5-6H2. The van der Waals surface area contributed by atoms with Crippen LogP contribution in [0, 0.1) is 0 Å². The molecule has 2 aromatic rings. The summed E-state index contributed by atoms with van der Waals surface area (Å²) in [5, 5.41) is 3.08. The molecule has 0 aromatic carbocycles. The Morgan fingerprint density at radius 2 is 1.54 bits per heavy atom. The van der Waals surface area contributed by atoms with Crippen molar-refractivity contribution in [1.82, 2.24) is 15.3 Å². The summed E-state index contributed by atoms with van der Waals surface area (Å²) in [7, 11) is 0. The van der Waals surface area contributed by atoms with Gasteiger partial charge in [-0.3, -0.25) is 0 Å². The average Bonchev–Trinajstić information content (AvgIpc) is 2.75. The molecule has 2 heterocycles. The summed E-state index contributed by atoms with van der Waals surface area (Å²) in [6.45, 7) is 1.16. The molecule has 0 saturated heterocycles. The number of nitrogens with zero attached hydrogens (tertiary/aromatic N) is 2. The smallest absolute Gasteiger partial charge is 0.207 e. The molecule has 0 aliphatic carbocycles. The van der Waals surface area contributed by atoms with Gasteiger partial charge >= 0.3 is 0 Å². The summed E-state index contributed by atoms with van der Waals surface area (Å²) in [5.74, 6) is 1.32. The minimum Gasteiger partial charge on any atom is -0.448 e. The summed E-state index contributed by atoms with van der Waals surface area (Å²) >= 11 is 0. The monoisotopic (exact) mass is 179 g/mol. The molecule has 0 bridgehead atoms. The van der Waals surface area contributed by atoms with Crippen molar-refractivity contribution in [2.45, 2.75) is 13.1 Å². The molecule has 0 amide bonds. The summed E-state index contributed by atoms with van der Waals surface area (Å²) in [4.78, 5) is 7.91. The molecule has 0 spiro atoms. The van der Waals surface area contributed by atoms with Crippen LogP contribution in [0.5, 0.6) is 0 Å². The number of rotatable bonds is 4. The van der Waals surface area contributed by atoms with E-state index in [0.717, 1.165) is 0 Å². The Hall–Kier alpha value is -1.62. The van der Waals surface area contributed by atoms with E-state index in [1.54, 1.807) is 24.9 Å². The van der Waals surface area contributed by atoms with Gasteiger partial charge in [0.15, 0.2) is 0 Å². The highest BCUT2D eigenvalue weighted by atomic mass is 16.3. The summed E-state index contributed by atoms with van der Waals surface area (Å²) in [6, 6.07) is 0. The van der Waals surface area contributed by atoms with Crippen LogP contribution < -0.4 is 5.32 Å². The van der Waals surface area contributed by atoms with E-state index in [1.807, 2.05) is 0 Å². The lowest BCUT2D eigenvalue weighted by atomic mass is 10.5. The Balaban J connectivity index is 1.76. The first-order chi connectivity index (χ1) is 6.45. The van der Waals surface area contributed by atoms with E-state index in [-0.39, 0.29) is 0 Å². The maximum Gasteiger partial charge on any atom is 0.207 e. The van der Waals surface area contributed by atoms with Crippen LogP contribution in [0.3, 0.4) is 0 Å². The van der Waals surface area contributed by atoms with Crippen molar-refractivity contribution in [2.24, 2.45) is 0 Å². The van der Waals surface area contributed by atoms with Crippen molar-refractivity contribution < 1.29 is 8.83 Å². The molecule has 0 aliphatic rings. The predicted octanol–water partition coefficient (Wildman–Crippen LogP) is 0.952. The van der Waals surface area contributed by atoms with Crippen LogP contribution in [0.2, 0.25) is 0 Å². The fourth-order valence-corrected chi connectivity index (χ4v) is 0.957. The molecule has 5 nitrogen and oxygen atoms in total. The van der Waals surface area contributed by atoms with Gasteiger partial charge in [-0.1, -0.05) is 0 Å². The maximum absolute atomic E-state index is 5.03. The van der Waals surface area contributed by atoms with Crippen LogP contribution in [0.25, 0.3) is 0 Å². The van der Waals surface area contributed by atoms with Crippen molar-refractivity contribution in [1.29, 1.82) is 0 Å². The molecule has 0 saturated carbocycles. The van der Waals surface area contributed by atoms with E-state index in [9.17, 15) is 0 Å². The number of aromatic nitrogens is 2. The second kappa shape index (κ2) is 3.86. The Morgan fingerprint density at radius 3 is 1.92 bits per heavy atom. The van der Waals surface area contributed by atoms with E-state index < -0.39 is 0 Å². The van der Waals surface area contributed by atoms with Crippen molar-refractivity contribution in [3.05, 3.63) is 36.7 Å². The van der Waals surface area contributed by atoms with E-state index in [4.69, 9.17) is 8.83 Å². The van der Waals surface area contributed by atoms with Crippen LogP contribution in [0.1, 0.15) is 11.8 Å². The molecule has 0 fully saturated rings. The SMILES string of the molecule is c1coc(CNCc2ncco2)n1. The lowest BCUT2D eigenvalue weighted by Crippen LogP contribution is -2.12. The number of oxazole rings is 2. The topological polar surface area (TPSA) is 64.1 Å². The Morgan fingerprint density at radius 1 is 1.00 bits per heavy atom. The van der Waals surface area contributed by atoms with E-state index in [0.29, 0.717) is 24.9 Å². The van der Waals surface area contributed by atoms with Crippen molar-refractivity contribution in [3.8, 4) is 0 Å².